The average Bonchev–Trinajstić information content (AvgIpc) is 2.45. The molecule has 1 aliphatic heterocycles. The van der Waals surface area contributed by atoms with Gasteiger partial charge in [-0.15, -0.1) is 0 Å². The Kier molecular flexibility index (Phi) is 4.25. The van der Waals surface area contributed by atoms with E-state index in [2.05, 4.69) is 5.32 Å². The first kappa shape index (κ1) is 15.1. The summed E-state index contributed by atoms with van der Waals surface area (Å²) in [6, 6.07) is 5.15. The van der Waals surface area contributed by atoms with Crippen molar-refractivity contribution >= 4 is 35.0 Å². The normalized spacial score (nSPS) is 18.7. The van der Waals surface area contributed by atoms with Crippen molar-refractivity contribution in [2.75, 3.05) is 6.54 Å². The van der Waals surface area contributed by atoms with Gasteiger partial charge in [-0.2, -0.15) is 0 Å². The summed E-state index contributed by atoms with van der Waals surface area (Å²) in [5.41, 5.74) is -0.129. The van der Waals surface area contributed by atoms with Gasteiger partial charge in [-0.05, 0) is 37.6 Å². The summed E-state index contributed by atoms with van der Waals surface area (Å²) in [6.07, 6.45) is 0.285. The van der Waals surface area contributed by atoms with Crippen LogP contribution < -0.4 is 5.32 Å². The predicted molar refractivity (Wildman–Crippen MR) is 78.7 cm³/mol. The Labute approximate surface area is 128 Å². The quantitative estimate of drug-likeness (QED) is 0.912. The van der Waals surface area contributed by atoms with E-state index >= 15 is 0 Å². The second-order valence-corrected chi connectivity index (χ2v) is 6.23. The van der Waals surface area contributed by atoms with Crippen LogP contribution in [0.3, 0.4) is 0 Å². The lowest BCUT2D eigenvalue weighted by molar-refractivity contribution is -0.137. The molecule has 1 fully saturated rings. The lowest BCUT2D eigenvalue weighted by Gasteiger charge is -2.29. The zero-order valence-electron chi connectivity index (χ0n) is 11.4. The molecule has 0 saturated carbocycles. The zero-order chi connectivity index (χ0) is 14.9. The van der Waals surface area contributed by atoms with Crippen molar-refractivity contribution in [1.82, 2.24) is 10.2 Å². The minimum Gasteiger partial charge on any atom is -0.342 e. The number of nitrogens with one attached hydrogen (secondary N) is 1. The van der Waals surface area contributed by atoms with Crippen molar-refractivity contribution in [3.63, 3.8) is 0 Å². The van der Waals surface area contributed by atoms with E-state index in [0.717, 1.165) is 5.56 Å². The lowest BCUT2D eigenvalue weighted by Crippen LogP contribution is -2.52. The molecule has 1 aromatic rings. The van der Waals surface area contributed by atoms with Crippen LogP contribution in [0.25, 0.3) is 0 Å². The van der Waals surface area contributed by atoms with E-state index in [9.17, 15) is 9.59 Å². The van der Waals surface area contributed by atoms with Crippen LogP contribution in [0.2, 0.25) is 10.0 Å². The first-order valence-corrected chi connectivity index (χ1v) is 7.09. The molecule has 0 radical (unpaired) electrons. The van der Waals surface area contributed by atoms with E-state index in [-0.39, 0.29) is 18.2 Å². The standard InChI is InChI=1S/C14H16Cl2N2O2/c1-14(2)13(20)18(6-5-12(19)17-14)8-9-7-10(15)3-4-11(9)16/h3-4,7H,5-6,8H2,1-2H3,(H,17,19). The fraction of sp³-hybridized carbons (Fsp3) is 0.429. The van der Waals surface area contributed by atoms with Crippen LogP contribution in [0.15, 0.2) is 18.2 Å². The molecule has 0 unspecified atom stereocenters. The molecule has 0 atom stereocenters. The molecule has 0 spiro atoms. The molecule has 1 aromatic carbocycles. The van der Waals surface area contributed by atoms with E-state index in [1.54, 1.807) is 36.9 Å². The molecule has 108 valence electrons. The zero-order valence-corrected chi connectivity index (χ0v) is 12.9. The van der Waals surface area contributed by atoms with Gasteiger partial charge in [0, 0.05) is 29.6 Å². The fourth-order valence-corrected chi connectivity index (χ4v) is 2.59. The number of amides is 2. The van der Waals surface area contributed by atoms with Crippen LogP contribution in [0.4, 0.5) is 0 Å². The highest BCUT2D eigenvalue weighted by molar-refractivity contribution is 6.33. The summed E-state index contributed by atoms with van der Waals surface area (Å²) < 4.78 is 0. The maximum atomic E-state index is 12.4. The Balaban J connectivity index is 2.25. The molecule has 1 saturated heterocycles. The number of hydrogen-bond donors (Lipinski definition) is 1. The average molecular weight is 315 g/mol. The van der Waals surface area contributed by atoms with Crippen LogP contribution >= 0.6 is 23.2 Å². The largest absolute Gasteiger partial charge is 0.342 e. The summed E-state index contributed by atoms with van der Waals surface area (Å²) in [5.74, 6) is -0.248. The first-order valence-electron chi connectivity index (χ1n) is 6.34. The van der Waals surface area contributed by atoms with E-state index in [1.165, 1.54) is 0 Å². The lowest BCUT2D eigenvalue weighted by atomic mass is 10.0. The summed E-state index contributed by atoms with van der Waals surface area (Å²) in [6.45, 7) is 4.11. The summed E-state index contributed by atoms with van der Waals surface area (Å²) in [5, 5.41) is 3.85. The Morgan fingerprint density at radius 1 is 1.30 bits per heavy atom. The smallest absolute Gasteiger partial charge is 0.248 e. The second kappa shape index (κ2) is 5.62. The maximum Gasteiger partial charge on any atom is 0.248 e. The van der Waals surface area contributed by atoms with E-state index in [1.807, 2.05) is 0 Å². The van der Waals surface area contributed by atoms with E-state index in [4.69, 9.17) is 23.2 Å². The molecular formula is C14H16Cl2N2O2. The van der Waals surface area contributed by atoms with Crippen molar-refractivity contribution < 1.29 is 9.59 Å². The minimum absolute atomic E-state index is 0.122. The van der Waals surface area contributed by atoms with Gasteiger partial charge in [0.2, 0.25) is 11.8 Å². The number of carbonyl (C=O) groups excluding carboxylic acids is 2. The third-order valence-electron chi connectivity index (χ3n) is 3.25. The number of carbonyl (C=O) groups is 2. The third kappa shape index (κ3) is 3.25. The molecule has 0 aromatic heterocycles. The van der Waals surface area contributed by atoms with E-state index < -0.39 is 5.54 Å². The molecule has 2 amide bonds. The van der Waals surface area contributed by atoms with Crippen LogP contribution in [-0.2, 0) is 16.1 Å². The van der Waals surface area contributed by atoms with Crippen LogP contribution in [0.5, 0.6) is 0 Å². The molecule has 6 heteroatoms. The topological polar surface area (TPSA) is 49.4 Å². The van der Waals surface area contributed by atoms with Gasteiger partial charge < -0.3 is 10.2 Å². The molecular weight excluding hydrogens is 299 g/mol. The van der Waals surface area contributed by atoms with Gasteiger partial charge in [0.25, 0.3) is 0 Å². The Morgan fingerprint density at radius 2 is 2.00 bits per heavy atom. The number of halogens is 2. The summed E-state index contributed by atoms with van der Waals surface area (Å²) in [4.78, 5) is 25.7. The molecule has 20 heavy (non-hydrogen) atoms. The molecule has 1 heterocycles. The first-order chi connectivity index (χ1) is 9.29. The molecule has 0 aliphatic carbocycles. The van der Waals surface area contributed by atoms with Crippen LogP contribution in [0, 0.1) is 0 Å². The maximum absolute atomic E-state index is 12.4. The third-order valence-corrected chi connectivity index (χ3v) is 3.86. The van der Waals surface area contributed by atoms with Gasteiger partial charge in [-0.1, -0.05) is 23.2 Å². The van der Waals surface area contributed by atoms with Crippen molar-refractivity contribution in [1.29, 1.82) is 0 Å². The van der Waals surface area contributed by atoms with E-state index in [0.29, 0.717) is 23.1 Å². The summed E-state index contributed by atoms with van der Waals surface area (Å²) >= 11 is 12.1. The highest BCUT2D eigenvalue weighted by atomic mass is 35.5. The molecule has 1 aliphatic rings. The van der Waals surface area contributed by atoms with Gasteiger partial charge in [0.15, 0.2) is 0 Å². The second-order valence-electron chi connectivity index (χ2n) is 5.39. The van der Waals surface area contributed by atoms with Crippen molar-refractivity contribution in [2.24, 2.45) is 0 Å². The number of hydrogen-bond acceptors (Lipinski definition) is 2. The monoisotopic (exact) mass is 314 g/mol. The minimum atomic E-state index is -0.904. The van der Waals surface area contributed by atoms with Gasteiger partial charge in [-0.3, -0.25) is 9.59 Å². The van der Waals surface area contributed by atoms with Crippen molar-refractivity contribution in [2.45, 2.75) is 32.4 Å². The number of benzene rings is 1. The predicted octanol–water partition coefficient (Wildman–Crippen LogP) is 2.62. The molecule has 4 nitrogen and oxygen atoms in total. The van der Waals surface area contributed by atoms with Gasteiger partial charge >= 0.3 is 0 Å². The van der Waals surface area contributed by atoms with Gasteiger partial charge in [-0.25, -0.2) is 0 Å². The SMILES string of the molecule is CC1(C)NC(=O)CCN(Cc2cc(Cl)ccc2Cl)C1=O. The Bertz CT molecular complexity index is 558. The number of nitrogens with zero attached hydrogens (tertiary/aromatic N) is 1. The van der Waals surface area contributed by atoms with Crippen molar-refractivity contribution in [3.8, 4) is 0 Å². The highest BCUT2D eigenvalue weighted by Gasteiger charge is 2.36. The summed E-state index contributed by atoms with van der Waals surface area (Å²) in [7, 11) is 0. The van der Waals surface area contributed by atoms with Gasteiger partial charge in [0.1, 0.15) is 5.54 Å². The molecule has 2 rings (SSSR count). The molecule has 0 bridgehead atoms. The van der Waals surface area contributed by atoms with Crippen LogP contribution in [0.1, 0.15) is 25.8 Å². The Morgan fingerprint density at radius 3 is 2.70 bits per heavy atom. The number of rotatable bonds is 2. The Hall–Kier alpha value is -1.26. The van der Waals surface area contributed by atoms with Gasteiger partial charge in [0.05, 0.1) is 0 Å². The fourth-order valence-electron chi connectivity index (χ4n) is 2.22. The molecule has 1 N–H and O–H groups in total. The van der Waals surface area contributed by atoms with Crippen molar-refractivity contribution in [3.05, 3.63) is 33.8 Å². The highest BCUT2D eigenvalue weighted by Crippen LogP contribution is 2.24. The van der Waals surface area contributed by atoms with Crippen LogP contribution in [-0.4, -0.2) is 28.8 Å².